The van der Waals surface area contributed by atoms with Crippen LogP contribution in [0.2, 0.25) is 0 Å². The van der Waals surface area contributed by atoms with Crippen molar-refractivity contribution in [2.75, 3.05) is 0 Å². The quantitative estimate of drug-likeness (QED) is 0.709. The third kappa shape index (κ3) is 3.86. The van der Waals surface area contributed by atoms with Gasteiger partial charge in [0.15, 0.2) is 0 Å². The van der Waals surface area contributed by atoms with Gasteiger partial charge in [0.2, 0.25) is 10.0 Å². The van der Waals surface area contributed by atoms with Crippen LogP contribution in [0.25, 0.3) is 11.3 Å². The summed E-state index contributed by atoms with van der Waals surface area (Å²) in [6, 6.07) is 18.6. The van der Waals surface area contributed by atoms with E-state index in [0.717, 1.165) is 11.1 Å². The van der Waals surface area contributed by atoms with E-state index >= 15 is 0 Å². The standard InChI is InChI=1S/C20H23N3O2S/c1-15(2)23-14-19(20(21-23)18-12-8-5-9-13-18)26(24,25)22-16(3)17-10-6-4-7-11-17/h4-16,22H,1-3H3. The predicted octanol–water partition coefficient (Wildman–Crippen LogP) is 4.17. The fraction of sp³-hybridized carbons (Fsp3) is 0.250. The van der Waals surface area contributed by atoms with Crippen LogP contribution in [0.4, 0.5) is 0 Å². The summed E-state index contributed by atoms with van der Waals surface area (Å²) in [4.78, 5) is 0.195. The van der Waals surface area contributed by atoms with Crippen LogP contribution in [0.15, 0.2) is 71.8 Å². The Balaban J connectivity index is 2.01. The predicted molar refractivity (Wildman–Crippen MR) is 103 cm³/mol. The van der Waals surface area contributed by atoms with Gasteiger partial charge in [-0.05, 0) is 26.3 Å². The molecule has 1 aromatic heterocycles. The number of sulfonamides is 1. The van der Waals surface area contributed by atoms with Gasteiger partial charge in [0.1, 0.15) is 10.6 Å². The average Bonchev–Trinajstić information content (AvgIpc) is 3.10. The van der Waals surface area contributed by atoms with Crippen molar-refractivity contribution in [1.82, 2.24) is 14.5 Å². The molecule has 0 aliphatic rings. The summed E-state index contributed by atoms with van der Waals surface area (Å²) < 4.78 is 30.6. The van der Waals surface area contributed by atoms with Gasteiger partial charge in [-0.3, -0.25) is 4.68 Å². The van der Waals surface area contributed by atoms with Crippen molar-refractivity contribution in [3.05, 3.63) is 72.4 Å². The largest absolute Gasteiger partial charge is 0.268 e. The zero-order valence-corrected chi connectivity index (χ0v) is 15.9. The summed E-state index contributed by atoms with van der Waals surface area (Å²) in [6.07, 6.45) is 1.60. The second kappa shape index (κ2) is 7.43. The van der Waals surface area contributed by atoms with E-state index in [2.05, 4.69) is 9.82 Å². The molecule has 0 radical (unpaired) electrons. The maximum absolute atomic E-state index is 13.1. The molecular formula is C20H23N3O2S. The molecule has 0 amide bonds. The number of hydrogen-bond donors (Lipinski definition) is 1. The van der Waals surface area contributed by atoms with E-state index in [1.54, 1.807) is 10.9 Å². The average molecular weight is 369 g/mol. The van der Waals surface area contributed by atoms with Gasteiger partial charge in [-0.1, -0.05) is 60.7 Å². The number of rotatable bonds is 6. The normalized spacial score (nSPS) is 13.1. The Hall–Kier alpha value is -2.44. The van der Waals surface area contributed by atoms with E-state index in [1.807, 2.05) is 81.4 Å². The number of nitrogens with one attached hydrogen (secondary N) is 1. The van der Waals surface area contributed by atoms with E-state index in [4.69, 9.17) is 0 Å². The third-order valence-electron chi connectivity index (χ3n) is 4.20. The maximum atomic E-state index is 13.1. The first-order valence-corrected chi connectivity index (χ1v) is 10.1. The molecule has 6 heteroatoms. The topological polar surface area (TPSA) is 64.0 Å². The van der Waals surface area contributed by atoms with Crippen molar-refractivity contribution in [3.63, 3.8) is 0 Å². The summed E-state index contributed by atoms with van der Waals surface area (Å²) in [5.74, 6) is 0. The molecule has 1 N–H and O–H groups in total. The summed E-state index contributed by atoms with van der Waals surface area (Å²) in [6.45, 7) is 5.78. The van der Waals surface area contributed by atoms with Crippen molar-refractivity contribution in [2.45, 2.75) is 37.8 Å². The van der Waals surface area contributed by atoms with Gasteiger partial charge in [0.05, 0.1) is 0 Å². The van der Waals surface area contributed by atoms with Gasteiger partial charge in [-0.15, -0.1) is 0 Å². The molecule has 0 fully saturated rings. The Labute approximate surface area is 154 Å². The maximum Gasteiger partial charge on any atom is 0.244 e. The molecule has 3 aromatic rings. The molecule has 0 aliphatic heterocycles. The van der Waals surface area contributed by atoms with Crippen molar-refractivity contribution >= 4 is 10.0 Å². The first kappa shape index (κ1) is 18.4. The number of benzene rings is 2. The first-order chi connectivity index (χ1) is 12.4. The van der Waals surface area contributed by atoms with Gasteiger partial charge in [0, 0.05) is 23.8 Å². The molecule has 3 rings (SSSR count). The Kier molecular flexibility index (Phi) is 5.25. The van der Waals surface area contributed by atoms with Crippen LogP contribution in [-0.2, 0) is 10.0 Å². The molecule has 136 valence electrons. The molecule has 1 unspecified atom stereocenters. The van der Waals surface area contributed by atoms with E-state index in [-0.39, 0.29) is 17.0 Å². The van der Waals surface area contributed by atoms with Crippen LogP contribution in [-0.4, -0.2) is 18.2 Å². The summed E-state index contributed by atoms with van der Waals surface area (Å²) in [7, 11) is -3.73. The van der Waals surface area contributed by atoms with Crippen molar-refractivity contribution in [3.8, 4) is 11.3 Å². The molecule has 1 atom stereocenters. The van der Waals surface area contributed by atoms with Crippen LogP contribution in [0.1, 0.15) is 38.4 Å². The van der Waals surface area contributed by atoms with Crippen LogP contribution >= 0.6 is 0 Å². The Morgan fingerprint density at radius 2 is 1.50 bits per heavy atom. The Bertz CT molecular complexity index is 965. The highest BCUT2D eigenvalue weighted by atomic mass is 32.2. The van der Waals surface area contributed by atoms with Gasteiger partial charge >= 0.3 is 0 Å². The number of hydrogen-bond acceptors (Lipinski definition) is 3. The highest BCUT2D eigenvalue weighted by molar-refractivity contribution is 7.89. The van der Waals surface area contributed by atoms with Crippen LogP contribution in [0, 0.1) is 0 Å². The second-order valence-corrected chi connectivity index (χ2v) is 8.22. The minimum atomic E-state index is -3.73. The van der Waals surface area contributed by atoms with E-state index in [1.165, 1.54) is 0 Å². The lowest BCUT2D eigenvalue weighted by Gasteiger charge is -2.14. The second-order valence-electron chi connectivity index (χ2n) is 6.54. The molecular weight excluding hydrogens is 346 g/mol. The fourth-order valence-electron chi connectivity index (χ4n) is 2.74. The highest BCUT2D eigenvalue weighted by Gasteiger charge is 2.26. The van der Waals surface area contributed by atoms with Crippen LogP contribution < -0.4 is 4.72 Å². The summed E-state index contributed by atoms with van der Waals surface area (Å²) >= 11 is 0. The zero-order chi connectivity index (χ0) is 18.7. The molecule has 2 aromatic carbocycles. The molecule has 1 heterocycles. The fourth-order valence-corrected chi connectivity index (χ4v) is 4.13. The van der Waals surface area contributed by atoms with Gasteiger partial charge in [0.25, 0.3) is 0 Å². The minimum absolute atomic E-state index is 0.0629. The molecule has 5 nitrogen and oxygen atoms in total. The highest BCUT2D eigenvalue weighted by Crippen LogP contribution is 2.28. The first-order valence-electron chi connectivity index (χ1n) is 8.60. The molecule has 0 spiro atoms. The van der Waals surface area contributed by atoms with Gasteiger partial charge in [-0.2, -0.15) is 5.10 Å². The van der Waals surface area contributed by atoms with Crippen molar-refractivity contribution in [1.29, 1.82) is 0 Å². The molecule has 0 bridgehead atoms. The van der Waals surface area contributed by atoms with Gasteiger partial charge < -0.3 is 0 Å². The Morgan fingerprint density at radius 1 is 0.923 bits per heavy atom. The van der Waals surface area contributed by atoms with Crippen LogP contribution in [0.5, 0.6) is 0 Å². The monoisotopic (exact) mass is 369 g/mol. The SMILES string of the molecule is CC(NS(=O)(=O)c1cn(C(C)C)nc1-c1ccccc1)c1ccccc1. The minimum Gasteiger partial charge on any atom is -0.268 e. The van der Waals surface area contributed by atoms with Crippen molar-refractivity contribution in [2.24, 2.45) is 0 Å². The smallest absolute Gasteiger partial charge is 0.244 e. The van der Waals surface area contributed by atoms with Crippen LogP contribution in [0.3, 0.4) is 0 Å². The van der Waals surface area contributed by atoms with E-state index in [0.29, 0.717) is 5.69 Å². The lowest BCUT2D eigenvalue weighted by Crippen LogP contribution is -2.27. The lowest BCUT2D eigenvalue weighted by molar-refractivity contribution is 0.531. The zero-order valence-electron chi connectivity index (χ0n) is 15.1. The van der Waals surface area contributed by atoms with E-state index in [9.17, 15) is 8.42 Å². The van der Waals surface area contributed by atoms with Crippen molar-refractivity contribution < 1.29 is 8.42 Å². The third-order valence-corrected chi connectivity index (χ3v) is 5.74. The molecule has 0 aliphatic carbocycles. The molecule has 0 saturated carbocycles. The lowest BCUT2D eigenvalue weighted by atomic mass is 10.1. The van der Waals surface area contributed by atoms with Gasteiger partial charge in [-0.25, -0.2) is 13.1 Å². The number of aromatic nitrogens is 2. The number of nitrogens with zero attached hydrogens (tertiary/aromatic N) is 2. The van der Waals surface area contributed by atoms with E-state index < -0.39 is 10.0 Å². The molecule has 26 heavy (non-hydrogen) atoms. The molecule has 0 saturated heterocycles. The summed E-state index contributed by atoms with van der Waals surface area (Å²) in [5.41, 5.74) is 2.15. The Morgan fingerprint density at radius 3 is 2.08 bits per heavy atom. The summed E-state index contributed by atoms with van der Waals surface area (Å²) in [5, 5.41) is 4.52.